The van der Waals surface area contributed by atoms with Gasteiger partial charge in [0.2, 0.25) is 5.70 Å². The molecule has 132 valence electrons. The van der Waals surface area contributed by atoms with Crippen molar-refractivity contribution in [3.05, 3.63) is 91.3 Å². The smallest absolute Gasteiger partial charge is 0.270 e. The second-order valence-electron chi connectivity index (χ2n) is 6.07. The van der Waals surface area contributed by atoms with Crippen molar-refractivity contribution in [3.8, 4) is 0 Å². The second-order valence-corrected chi connectivity index (χ2v) is 6.07. The Labute approximate surface area is 149 Å². The van der Waals surface area contributed by atoms with Crippen LogP contribution in [0.4, 0.5) is 5.69 Å². The minimum absolute atomic E-state index is 0.0154. The van der Waals surface area contributed by atoms with Gasteiger partial charge in [-0.15, -0.1) is 0 Å². The molecule has 0 fully saturated rings. The SMILES string of the molecule is C/C(=C/c1c(C)n(Cc2ccccc2)c2ccc([N+](=O)[O-])cc12)[N+](=O)[O-]. The number of hydrogen-bond donors (Lipinski definition) is 0. The molecule has 26 heavy (non-hydrogen) atoms. The zero-order valence-corrected chi connectivity index (χ0v) is 14.4. The summed E-state index contributed by atoms with van der Waals surface area (Å²) in [7, 11) is 0. The van der Waals surface area contributed by atoms with Gasteiger partial charge in [-0.05, 0) is 18.6 Å². The third kappa shape index (κ3) is 3.19. The van der Waals surface area contributed by atoms with E-state index < -0.39 is 9.85 Å². The monoisotopic (exact) mass is 351 g/mol. The maximum Gasteiger partial charge on any atom is 0.270 e. The molecular formula is C19H17N3O4. The molecule has 0 saturated heterocycles. The molecule has 0 atom stereocenters. The van der Waals surface area contributed by atoms with Gasteiger partial charge in [0, 0.05) is 53.8 Å². The number of benzene rings is 2. The van der Waals surface area contributed by atoms with Crippen molar-refractivity contribution in [3.63, 3.8) is 0 Å². The summed E-state index contributed by atoms with van der Waals surface area (Å²) in [5.41, 5.74) is 3.28. The summed E-state index contributed by atoms with van der Waals surface area (Å²) in [6, 6.07) is 14.4. The molecule has 3 rings (SSSR count). The van der Waals surface area contributed by atoms with Crippen LogP contribution in [0, 0.1) is 27.2 Å². The maximum atomic E-state index is 11.1. The Morgan fingerprint density at radius 3 is 2.42 bits per heavy atom. The topological polar surface area (TPSA) is 91.2 Å². The number of aromatic nitrogens is 1. The Morgan fingerprint density at radius 1 is 1.12 bits per heavy atom. The predicted molar refractivity (Wildman–Crippen MR) is 99.5 cm³/mol. The molecule has 1 aromatic heterocycles. The number of allylic oxidation sites excluding steroid dienone is 1. The van der Waals surface area contributed by atoms with E-state index in [1.165, 1.54) is 25.1 Å². The first-order chi connectivity index (χ1) is 12.4. The second kappa shape index (κ2) is 6.79. The summed E-state index contributed by atoms with van der Waals surface area (Å²) in [5, 5.41) is 22.8. The normalized spacial score (nSPS) is 11.7. The average molecular weight is 351 g/mol. The van der Waals surface area contributed by atoms with Crippen LogP contribution in [0.3, 0.4) is 0 Å². The van der Waals surface area contributed by atoms with Crippen molar-refractivity contribution in [2.75, 3.05) is 0 Å². The molecule has 7 heteroatoms. The van der Waals surface area contributed by atoms with Crippen LogP contribution in [0.1, 0.15) is 23.7 Å². The van der Waals surface area contributed by atoms with E-state index in [-0.39, 0.29) is 11.4 Å². The Morgan fingerprint density at radius 2 is 1.81 bits per heavy atom. The maximum absolute atomic E-state index is 11.1. The van der Waals surface area contributed by atoms with E-state index in [1.54, 1.807) is 6.07 Å². The number of hydrogen-bond acceptors (Lipinski definition) is 4. The molecule has 0 radical (unpaired) electrons. The Kier molecular flexibility index (Phi) is 4.53. The molecule has 0 aliphatic heterocycles. The zero-order valence-electron chi connectivity index (χ0n) is 14.4. The van der Waals surface area contributed by atoms with E-state index >= 15 is 0 Å². The van der Waals surface area contributed by atoms with Crippen LogP contribution in [0.2, 0.25) is 0 Å². The highest BCUT2D eigenvalue weighted by atomic mass is 16.6. The number of nitro groups is 2. The van der Waals surface area contributed by atoms with Crippen LogP contribution >= 0.6 is 0 Å². The number of rotatable bonds is 5. The molecular weight excluding hydrogens is 334 g/mol. The molecule has 0 aliphatic rings. The van der Waals surface area contributed by atoms with Gasteiger partial charge in [0.05, 0.1) is 9.85 Å². The summed E-state index contributed by atoms with van der Waals surface area (Å²) in [4.78, 5) is 21.3. The fraction of sp³-hybridized carbons (Fsp3) is 0.158. The third-order valence-electron chi connectivity index (χ3n) is 4.39. The van der Waals surface area contributed by atoms with E-state index in [1.807, 2.05) is 41.8 Å². The fourth-order valence-corrected chi connectivity index (χ4v) is 3.02. The van der Waals surface area contributed by atoms with E-state index in [2.05, 4.69) is 0 Å². The summed E-state index contributed by atoms with van der Waals surface area (Å²) in [6.07, 6.45) is 1.48. The van der Waals surface area contributed by atoms with Gasteiger partial charge < -0.3 is 4.57 Å². The van der Waals surface area contributed by atoms with Crippen molar-refractivity contribution in [1.29, 1.82) is 0 Å². The summed E-state index contributed by atoms with van der Waals surface area (Å²) < 4.78 is 2.02. The number of non-ortho nitro benzene ring substituents is 1. The molecule has 1 heterocycles. The van der Waals surface area contributed by atoms with E-state index in [9.17, 15) is 20.2 Å². The molecule has 3 aromatic rings. The largest absolute Gasteiger partial charge is 0.340 e. The van der Waals surface area contributed by atoms with Crippen molar-refractivity contribution in [2.24, 2.45) is 0 Å². The van der Waals surface area contributed by atoms with Crippen molar-refractivity contribution < 1.29 is 9.85 Å². The van der Waals surface area contributed by atoms with Crippen molar-refractivity contribution >= 4 is 22.7 Å². The highest BCUT2D eigenvalue weighted by molar-refractivity contribution is 5.93. The first-order valence-corrected chi connectivity index (χ1v) is 8.02. The molecule has 0 N–H and O–H groups in total. The van der Waals surface area contributed by atoms with Gasteiger partial charge in [-0.1, -0.05) is 30.3 Å². The standard InChI is InChI=1S/C19H17N3O4/c1-13(21(23)24)10-17-14(2)20(12-15-6-4-3-5-7-15)19-9-8-16(22(25)26)11-18(17)19/h3-11H,12H2,1-2H3/b13-10-. The first-order valence-electron chi connectivity index (χ1n) is 8.02. The van der Waals surface area contributed by atoms with Gasteiger partial charge in [0.1, 0.15) is 0 Å². The summed E-state index contributed by atoms with van der Waals surface area (Å²) >= 11 is 0. The number of fused-ring (bicyclic) bond motifs is 1. The van der Waals surface area contributed by atoms with Crippen molar-refractivity contribution in [1.82, 2.24) is 4.57 Å². The van der Waals surface area contributed by atoms with Gasteiger partial charge >= 0.3 is 0 Å². The Balaban J connectivity index is 2.25. The third-order valence-corrected chi connectivity index (χ3v) is 4.39. The highest BCUT2D eigenvalue weighted by Crippen LogP contribution is 2.31. The van der Waals surface area contributed by atoms with Crippen LogP contribution < -0.4 is 0 Å². The molecule has 0 bridgehead atoms. The molecule has 0 aliphatic carbocycles. The van der Waals surface area contributed by atoms with Crippen molar-refractivity contribution in [2.45, 2.75) is 20.4 Å². The first kappa shape index (κ1) is 17.3. The minimum Gasteiger partial charge on any atom is -0.340 e. The molecule has 2 aromatic carbocycles. The van der Waals surface area contributed by atoms with Gasteiger partial charge in [0.25, 0.3) is 5.69 Å². The van der Waals surface area contributed by atoms with Gasteiger partial charge in [-0.25, -0.2) is 0 Å². The highest BCUT2D eigenvalue weighted by Gasteiger charge is 2.18. The average Bonchev–Trinajstić information content (AvgIpc) is 2.87. The van der Waals surface area contributed by atoms with Crippen LogP contribution in [-0.2, 0) is 6.54 Å². The molecule has 0 saturated carbocycles. The lowest BCUT2D eigenvalue weighted by Crippen LogP contribution is -2.02. The predicted octanol–water partition coefficient (Wildman–Crippen LogP) is 4.54. The van der Waals surface area contributed by atoms with Gasteiger partial charge in [-0.2, -0.15) is 0 Å². The van der Waals surface area contributed by atoms with E-state index in [4.69, 9.17) is 0 Å². The summed E-state index contributed by atoms with van der Waals surface area (Å²) in [5.74, 6) is 0. The fourth-order valence-electron chi connectivity index (χ4n) is 3.02. The number of nitro benzene ring substituents is 1. The lowest BCUT2D eigenvalue weighted by molar-refractivity contribution is -0.422. The zero-order chi connectivity index (χ0) is 18.8. The molecule has 7 nitrogen and oxygen atoms in total. The molecule has 0 spiro atoms. The Bertz CT molecular complexity index is 1040. The van der Waals surface area contributed by atoms with Crippen LogP contribution in [0.5, 0.6) is 0 Å². The van der Waals surface area contributed by atoms with Gasteiger partial charge in [-0.3, -0.25) is 20.2 Å². The molecule has 0 unspecified atom stereocenters. The quantitative estimate of drug-likeness (QED) is 0.498. The molecule has 0 amide bonds. The lowest BCUT2D eigenvalue weighted by Gasteiger charge is -2.08. The van der Waals surface area contributed by atoms with Crippen LogP contribution in [-0.4, -0.2) is 14.4 Å². The Hall–Kier alpha value is -3.48. The lowest BCUT2D eigenvalue weighted by atomic mass is 10.1. The van der Waals surface area contributed by atoms with E-state index in [0.29, 0.717) is 17.5 Å². The summed E-state index contributed by atoms with van der Waals surface area (Å²) in [6.45, 7) is 3.86. The van der Waals surface area contributed by atoms with Crippen LogP contribution in [0.25, 0.3) is 17.0 Å². The van der Waals surface area contributed by atoms with Crippen LogP contribution in [0.15, 0.2) is 54.2 Å². The minimum atomic E-state index is -0.461. The van der Waals surface area contributed by atoms with Gasteiger partial charge in [0.15, 0.2) is 0 Å². The van der Waals surface area contributed by atoms with E-state index in [0.717, 1.165) is 16.8 Å². The number of nitrogens with zero attached hydrogens (tertiary/aromatic N) is 3.